The van der Waals surface area contributed by atoms with Crippen LogP contribution in [-0.4, -0.2) is 28.2 Å². The molecule has 1 aliphatic heterocycles. The molecule has 166 valence electrons. The average molecular weight is 450 g/mol. The van der Waals surface area contributed by atoms with E-state index in [-0.39, 0.29) is 12.0 Å². The van der Waals surface area contributed by atoms with Crippen LogP contribution in [0.5, 0.6) is 11.5 Å². The summed E-state index contributed by atoms with van der Waals surface area (Å²) in [7, 11) is -2.01. The van der Waals surface area contributed by atoms with Crippen LogP contribution in [0.15, 0.2) is 77.7 Å². The number of benzene rings is 3. The molecule has 5 rings (SSSR count). The molecule has 1 aliphatic carbocycles. The molecule has 1 atom stereocenters. The van der Waals surface area contributed by atoms with Crippen LogP contribution in [0.3, 0.4) is 0 Å². The molecule has 0 amide bonds. The Morgan fingerprint density at radius 2 is 1.59 bits per heavy atom. The van der Waals surface area contributed by atoms with Crippen LogP contribution in [0.25, 0.3) is 0 Å². The Hall–Kier alpha value is -2.99. The van der Waals surface area contributed by atoms with Gasteiger partial charge in [-0.1, -0.05) is 42.5 Å². The SMILES string of the molecule is COc1ccc(C2CN(S(=O)(=O)c3ccccc3)c3ccccc32)cc1OC1CCCC1. The van der Waals surface area contributed by atoms with Crippen molar-refractivity contribution in [1.82, 2.24) is 0 Å². The summed E-state index contributed by atoms with van der Waals surface area (Å²) in [4.78, 5) is 0.301. The van der Waals surface area contributed by atoms with E-state index in [0.717, 1.165) is 35.4 Å². The molecule has 3 aromatic carbocycles. The summed E-state index contributed by atoms with van der Waals surface area (Å²) < 4.78 is 40.3. The largest absolute Gasteiger partial charge is 0.493 e. The minimum absolute atomic E-state index is 0.0819. The summed E-state index contributed by atoms with van der Waals surface area (Å²) >= 11 is 0. The molecule has 2 aliphatic rings. The molecule has 32 heavy (non-hydrogen) atoms. The zero-order valence-electron chi connectivity index (χ0n) is 18.1. The molecule has 6 heteroatoms. The number of methoxy groups -OCH3 is 1. The molecule has 0 radical (unpaired) electrons. The fraction of sp³-hybridized carbons (Fsp3) is 0.308. The maximum absolute atomic E-state index is 13.5. The molecule has 1 fully saturated rings. The summed E-state index contributed by atoms with van der Waals surface area (Å²) in [5, 5.41) is 0. The zero-order chi connectivity index (χ0) is 22.1. The van der Waals surface area contributed by atoms with Crippen LogP contribution in [0, 0.1) is 0 Å². The number of rotatable bonds is 6. The highest BCUT2D eigenvalue weighted by molar-refractivity contribution is 7.92. The van der Waals surface area contributed by atoms with Gasteiger partial charge in [-0.2, -0.15) is 0 Å². The van der Waals surface area contributed by atoms with Gasteiger partial charge < -0.3 is 9.47 Å². The molecule has 0 saturated heterocycles. The first kappa shape index (κ1) is 20.9. The fourth-order valence-electron chi connectivity index (χ4n) is 4.79. The molecule has 0 spiro atoms. The summed E-state index contributed by atoms with van der Waals surface area (Å²) in [5.74, 6) is 1.36. The lowest BCUT2D eigenvalue weighted by atomic mass is 9.93. The first-order valence-corrected chi connectivity index (χ1v) is 12.5. The van der Waals surface area contributed by atoms with E-state index in [1.807, 2.05) is 48.5 Å². The molecule has 5 nitrogen and oxygen atoms in total. The van der Waals surface area contributed by atoms with Crippen molar-refractivity contribution in [2.75, 3.05) is 18.0 Å². The van der Waals surface area contributed by atoms with Gasteiger partial charge in [0.2, 0.25) is 0 Å². The number of nitrogens with zero attached hydrogens (tertiary/aromatic N) is 1. The Balaban J connectivity index is 1.52. The molecule has 0 N–H and O–H groups in total. The van der Waals surface area contributed by atoms with Gasteiger partial charge in [-0.15, -0.1) is 0 Å². The molecule has 1 saturated carbocycles. The van der Waals surface area contributed by atoms with Gasteiger partial charge in [0.05, 0.1) is 23.8 Å². The lowest BCUT2D eigenvalue weighted by Crippen LogP contribution is -2.30. The Morgan fingerprint density at radius 3 is 2.34 bits per heavy atom. The van der Waals surface area contributed by atoms with Gasteiger partial charge in [0.1, 0.15) is 0 Å². The second kappa shape index (κ2) is 8.51. The lowest BCUT2D eigenvalue weighted by molar-refractivity contribution is 0.200. The molecular formula is C26H27NO4S. The fourth-order valence-corrected chi connectivity index (χ4v) is 6.32. The lowest BCUT2D eigenvalue weighted by Gasteiger charge is -2.21. The predicted octanol–water partition coefficient (Wildman–Crippen LogP) is 5.36. The van der Waals surface area contributed by atoms with Crippen molar-refractivity contribution in [2.45, 2.75) is 42.6 Å². The Kier molecular flexibility index (Phi) is 5.55. The van der Waals surface area contributed by atoms with Gasteiger partial charge in [0.15, 0.2) is 11.5 Å². The third kappa shape index (κ3) is 3.73. The van der Waals surface area contributed by atoms with E-state index >= 15 is 0 Å². The second-order valence-corrected chi connectivity index (χ2v) is 10.3. The highest BCUT2D eigenvalue weighted by Gasteiger charge is 2.37. The summed E-state index contributed by atoms with van der Waals surface area (Å²) in [6.45, 7) is 0.353. The van der Waals surface area contributed by atoms with Crippen molar-refractivity contribution in [3.8, 4) is 11.5 Å². The molecule has 0 bridgehead atoms. The summed E-state index contributed by atoms with van der Waals surface area (Å²) in [6.07, 6.45) is 4.71. The average Bonchev–Trinajstić information content (AvgIpc) is 3.48. The topological polar surface area (TPSA) is 55.8 Å². The van der Waals surface area contributed by atoms with Crippen LogP contribution in [-0.2, 0) is 10.0 Å². The van der Waals surface area contributed by atoms with Crippen molar-refractivity contribution < 1.29 is 17.9 Å². The van der Waals surface area contributed by atoms with Crippen molar-refractivity contribution in [3.63, 3.8) is 0 Å². The van der Waals surface area contributed by atoms with E-state index in [1.54, 1.807) is 31.4 Å². The van der Waals surface area contributed by atoms with E-state index in [9.17, 15) is 8.42 Å². The molecule has 1 unspecified atom stereocenters. The van der Waals surface area contributed by atoms with Crippen molar-refractivity contribution in [2.24, 2.45) is 0 Å². The highest BCUT2D eigenvalue weighted by Crippen LogP contribution is 2.44. The van der Waals surface area contributed by atoms with Gasteiger partial charge in [0, 0.05) is 12.5 Å². The smallest absolute Gasteiger partial charge is 0.264 e. The maximum atomic E-state index is 13.5. The standard InChI is InChI=1S/C26H27NO4S/c1-30-25-16-15-19(17-26(25)31-20-9-5-6-10-20)23-18-27(24-14-8-7-13-22(23)24)32(28,29)21-11-3-2-4-12-21/h2-4,7-8,11-17,20,23H,5-6,9-10,18H2,1H3. The number of ether oxygens (including phenoxy) is 2. The van der Waals surface area contributed by atoms with Crippen LogP contribution in [0.1, 0.15) is 42.7 Å². The van der Waals surface area contributed by atoms with Crippen LogP contribution in [0.2, 0.25) is 0 Å². The number of para-hydroxylation sites is 1. The quantitative estimate of drug-likeness (QED) is 0.509. The van der Waals surface area contributed by atoms with Gasteiger partial charge >= 0.3 is 0 Å². The van der Waals surface area contributed by atoms with Crippen molar-refractivity contribution >= 4 is 15.7 Å². The van der Waals surface area contributed by atoms with Crippen molar-refractivity contribution in [3.05, 3.63) is 83.9 Å². The van der Waals surface area contributed by atoms with E-state index in [2.05, 4.69) is 0 Å². The Bertz CT molecular complexity index is 1200. The molecular weight excluding hydrogens is 422 g/mol. The van der Waals surface area contributed by atoms with Gasteiger partial charge in [-0.25, -0.2) is 8.42 Å². The van der Waals surface area contributed by atoms with Crippen LogP contribution in [0.4, 0.5) is 5.69 Å². The second-order valence-electron chi connectivity index (χ2n) is 8.40. The van der Waals surface area contributed by atoms with Gasteiger partial charge in [-0.3, -0.25) is 4.31 Å². The highest BCUT2D eigenvalue weighted by atomic mass is 32.2. The number of fused-ring (bicyclic) bond motifs is 1. The Labute approximate surface area is 189 Å². The first-order valence-electron chi connectivity index (χ1n) is 11.1. The van der Waals surface area contributed by atoms with E-state index in [1.165, 1.54) is 17.1 Å². The normalized spacial score (nSPS) is 18.5. The zero-order valence-corrected chi connectivity index (χ0v) is 18.9. The van der Waals surface area contributed by atoms with Crippen LogP contribution < -0.4 is 13.8 Å². The van der Waals surface area contributed by atoms with E-state index in [4.69, 9.17) is 9.47 Å². The number of hydrogen-bond donors (Lipinski definition) is 0. The van der Waals surface area contributed by atoms with E-state index < -0.39 is 10.0 Å². The summed E-state index contributed by atoms with van der Waals surface area (Å²) in [5.41, 5.74) is 2.76. The van der Waals surface area contributed by atoms with Gasteiger partial charge in [0.25, 0.3) is 10.0 Å². The molecule has 3 aromatic rings. The maximum Gasteiger partial charge on any atom is 0.264 e. The van der Waals surface area contributed by atoms with Crippen molar-refractivity contribution in [1.29, 1.82) is 0 Å². The third-order valence-corrected chi connectivity index (χ3v) is 8.24. The number of hydrogen-bond acceptors (Lipinski definition) is 4. The first-order chi connectivity index (χ1) is 15.6. The Morgan fingerprint density at radius 1 is 0.875 bits per heavy atom. The van der Waals surface area contributed by atoms with Crippen LogP contribution >= 0.6 is 0 Å². The summed E-state index contributed by atoms with van der Waals surface area (Å²) in [6, 6.07) is 22.3. The molecule has 0 aromatic heterocycles. The third-order valence-electron chi connectivity index (χ3n) is 6.45. The number of anilines is 1. The van der Waals surface area contributed by atoms with E-state index in [0.29, 0.717) is 17.2 Å². The minimum Gasteiger partial charge on any atom is -0.493 e. The monoisotopic (exact) mass is 449 g/mol. The molecule has 1 heterocycles. The number of sulfonamides is 1. The van der Waals surface area contributed by atoms with Gasteiger partial charge in [-0.05, 0) is 67.1 Å². The predicted molar refractivity (Wildman–Crippen MR) is 125 cm³/mol. The minimum atomic E-state index is -3.66.